The monoisotopic (exact) mass is 349 g/mol. The number of benzene rings is 1. The Bertz CT molecular complexity index is 825. The van der Waals surface area contributed by atoms with Crippen LogP contribution in [0.2, 0.25) is 0 Å². The van der Waals surface area contributed by atoms with Gasteiger partial charge in [0, 0.05) is 5.39 Å². The minimum Gasteiger partial charge on any atom is -0.468 e. The Hall–Kier alpha value is -2.39. The Morgan fingerprint density at radius 2 is 2.17 bits per heavy atom. The van der Waals surface area contributed by atoms with Crippen LogP contribution in [0.3, 0.4) is 0 Å². The number of hydrogen-bond donors (Lipinski definition) is 1. The maximum Gasteiger partial charge on any atom is 0.316 e. The van der Waals surface area contributed by atoms with Gasteiger partial charge in [-0.25, -0.2) is 0 Å². The zero-order valence-corrected chi connectivity index (χ0v) is 13.6. The molecule has 1 amide bonds. The van der Waals surface area contributed by atoms with Crippen molar-refractivity contribution in [2.45, 2.75) is 4.34 Å². The normalized spacial score (nSPS) is 10.7. The number of carbonyl (C=O) groups is 2. The van der Waals surface area contributed by atoms with Gasteiger partial charge in [-0.2, -0.15) is 0 Å². The van der Waals surface area contributed by atoms with Crippen molar-refractivity contribution in [3.05, 3.63) is 36.1 Å². The molecule has 0 saturated heterocycles. The quantitative estimate of drug-likeness (QED) is 0.430. The van der Waals surface area contributed by atoms with Crippen LogP contribution >= 0.6 is 23.1 Å². The Balaban J connectivity index is 1.65. The average Bonchev–Trinajstić information content (AvgIpc) is 3.18. The lowest BCUT2D eigenvalue weighted by Gasteiger charge is -1.96. The van der Waals surface area contributed by atoms with Gasteiger partial charge >= 0.3 is 5.97 Å². The van der Waals surface area contributed by atoms with Crippen LogP contribution in [0.5, 0.6) is 0 Å². The van der Waals surface area contributed by atoms with Crippen molar-refractivity contribution in [1.29, 1.82) is 0 Å². The van der Waals surface area contributed by atoms with Crippen LogP contribution < -0.4 is 5.32 Å². The third-order valence-corrected chi connectivity index (χ3v) is 4.76. The first-order valence-corrected chi connectivity index (χ1v) is 8.29. The molecule has 0 bridgehead atoms. The van der Waals surface area contributed by atoms with Gasteiger partial charge in [0.2, 0.25) is 5.13 Å². The van der Waals surface area contributed by atoms with Crippen molar-refractivity contribution in [3.8, 4) is 0 Å². The first-order chi connectivity index (χ1) is 11.2. The summed E-state index contributed by atoms with van der Waals surface area (Å²) in [5.74, 6) is -0.409. The predicted octanol–water partition coefficient (Wildman–Crippen LogP) is 2.80. The highest BCUT2D eigenvalue weighted by atomic mass is 32.2. The molecule has 0 atom stereocenters. The van der Waals surface area contributed by atoms with Crippen LogP contribution in [-0.4, -0.2) is 34.9 Å². The minimum absolute atomic E-state index is 0.142. The number of nitrogens with zero attached hydrogens (tertiary/aromatic N) is 2. The summed E-state index contributed by atoms with van der Waals surface area (Å²) in [5.41, 5.74) is 0.643. The second-order valence-electron chi connectivity index (χ2n) is 4.34. The number of amides is 1. The fraction of sp³-hybridized carbons (Fsp3) is 0.143. The molecule has 7 nitrogen and oxygen atoms in total. The van der Waals surface area contributed by atoms with Gasteiger partial charge in [-0.3, -0.25) is 14.9 Å². The van der Waals surface area contributed by atoms with E-state index in [-0.39, 0.29) is 17.5 Å². The van der Waals surface area contributed by atoms with Crippen molar-refractivity contribution in [1.82, 2.24) is 10.2 Å². The summed E-state index contributed by atoms with van der Waals surface area (Å²) in [7, 11) is 1.32. The molecule has 23 heavy (non-hydrogen) atoms. The van der Waals surface area contributed by atoms with Crippen molar-refractivity contribution in [3.63, 3.8) is 0 Å². The number of anilines is 1. The summed E-state index contributed by atoms with van der Waals surface area (Å²) < 4.78 is 10.6. The zero-order valence-electron chi connectivity index (χ0n) is 11.9. The molecule has 0 fully saturated rings. The summed E-state index contributed by atoms with van der Waals surface area (Å²) in [6, 6.07) is 9.03. The molecule has 0 radical (unpaired) electrons. The molecule has 118 valence electrons. The fourth-order valence-corrected chi connectivity index (χ4v) is 3.33. The Labute approximate surface area is 139 Å². The van der Waals surface area contributed by atoms with Crippen molar-refractivity contribution >= 4 is 51.1 Å². The number of esters is 1. The smallest absolute Gasteiger partial charge is 0.316 e. The molecule has 0 aliphatic rings. The van der Waals surface area contributed by atoms with Gasteiger partial charge in [-0.15, -0.1) is 10.2 Å². The standard InChI is InChI=1S/C14H11N3O4S2/c1-20-11(18)7-22-14-17-16-13(23-14)15-12(19)10-6-8-4-2-3-5-9(8)21-10/h2-6H,7H2,1H3,(H,15,16,19). The second-order valence-corrected chi connectivity index (χ2v) is 6.54. The van der Waals surface area contributed by atoms with E-state index < -0.39 is 5.91 Å². The number of carbonyl (C=O) groups excluding carboxylic acids is 2. The first-order valence-electron chi connectivity index (χ1n) is 6.49. The molecule has 0 aliphatic heterocycles. The SMILES string of the molecule is COC(=O)CSc1nnc(NC(=O)c2cc3ccccc3o2)s1. The minimum atomic E-state index is -0.401. The fourth-order valence-electron chi connectivity index (χ4n) is 1.75. The third kappa shape index (κ3) is 3.69. The number of nitrogens with one attached hydrogen (secondary N) is 1. The Morgan fingerprint density at radius 1 is 1.35 bits per heavy atom. The summed E-state index contributed by atoms with van der Waals surface area (Å²) in [6.07, 6.45) is 0. The summed E-state index contributed by atoms with van der Waals surface area (Å²) in [5, 5.41) is 11.6. The number of thioether (sulfide) groups is 1. The van der Waals surface area contributed by atoms with Crippen molar-refractivity contribution in [2.75, 3.05) is 18.2 Å². The Kier molecular flexibility index (Phi) is 4.58. The molecule has 0 spiro atoms. The lowest BCUT2D eigenvalue weighted by Crippen LogP contribution is -2.10. The highest BCUT2D eigenvalue weighted by molar-refractivity contribution is 8.01. The van der Waals surface area contributed by atoms with Crippen LogP contribution in [0.1, 0.15) is 10.6 Å². The lowest BCUT2D eigenvalue weighted by atomic mass is 10.2. The van der Waals surface area contributed by atoms with E-state index in [0.29, 0.717) is 15.1 Å². The zero-order chi connectivity index (χ0) is 16.2. The molecular formula is C14H11N3O4S2. The molecule has 0 aliphatic carbocycles. The maximum absolute atomic E-state index is 12.2. The van der Waals surface area contributed by atoms with Gasteiger partial charge in [0.05, 0.1) is 12.9 Å². The van der Waals surface area contributed by atoms with Crippen molar-refractivity contribution < 1.29 is 18.7 Å². The molecule has 9 heteroatoms. The van der Waals surface area contributed by atoms with Gasteiger partial charge in [0.25, 0.3) is 5.91 Å². The highest BCUT2D eigenvalue weighted by Crippen LogP contribution is 2.26. The predicted molar refractivity (Wildman–Crippen MR) is 86.8 cm³/mol. The number of hydrogen-bond acceptors (Lipinski definition) is 8. The van der Waals surface area contributed by atoms with E-state index >= 15 is 0 Å². The molecule has 2 aromatic heterocycles. The topological polar surface area (TPSA) is 94.3 Å². The van der Waals surface area contributed by atoms with E-state index in [0.717, 1.165) is 5.39 Å². The molecule has 2 heterocycles. The van der Waals surface area contributed by atoms with Crippen LogP contribution in [0.15, 0.2) is 39.1 Å². The third-order valence-electron chi connectivity index (χ3n) is 2.82. The number of fused-ring (bicyclic) bond motifs is 1. The Morgan fingerprint density at radius 3 is 2.96 bits per heavy atom. The van der Waals surface area contributed by atoms with Gasteiger partial charge in [0.1, 0.15) is 5.58 Å². The molecule has 3 aromatic rings. The molecular weight excluding hydrogens is 338 g/mol. The molecule has 0 unspecified atom stereocenters. The van der Waals surface area contributed by atoms with E-state index in [1.165, 1.54) is 30.2 Å². The van der Waals surface area contributed by atoms with Gasteiger partial charge in [-0.05, 0) is 12.1 Å². The number of furan rings is 1. The molecule has 1 aromatic carbocycles. The summed E-state index contributed by atoms with van der Waals surface area (Å²) in [6.45, 7) is 0. The lowest BCUT2D eigenvalue weighted by molar-refractivity contribution is -0.137. The van der Waals surface area contributed by atoms with Crippen molar-refractivity contribution in [2.24, 2.45) is 0 Å². The number of rotatable bonds is 5. The van der Waals surface area contributed by atoms with Crippen LogP contribution in [-0.2, 0) is 9.53 Å². The summed E-state index contributed by atoms with van der Waals surface area (Å²) >= 11 is 2.37. The molecule has 1 N–H and O–H groups in total. The second kappa shape index (κ2) is 6.80. The average molecular weight is 349 g/mol. The van der Waals surface area contributed by atoms with E-state index in [1.54, 1.807) is 12.1 Å². The number of ether oxygens (including phenoxy) is 1. The van der Waals surface area contributed by atoms with Gasteiger partial charge < -0.3 is 9.15 Å². The number of methoxy groups -OCH3 is 1. The van der Waals surface area contributed by atoms with Gasteiger partial charge in [0.15, 0.2) is 10.1 Å². The maximum atomic E-state index is 12.2. The first kappa shape index (κ1) is 15.5. The highest BCUT2D eigenvalue weighted by Gasteiger charge is 2.15. The molecule has 0 saturated carbocycles. The van der Waals surface area contributed by atoms with E-state index in [2.05, 4.69) is 20.3 Å². The van der Waals surface area contributed by atoms with E-state index in [1.807, 2.05) is 18.2 Å². The largest absolute Gasteiger partial charge is 0.468 e. The van der Waals surface area contributed by atoms with Crippen LogP contribution in [0, 0.1) is 0 Å². The van der Waals surface area contributed by atoms with E-state index in [4.69, 9.17) is 4.42 Å². The van der Waals surface area contributed by atoms with Crippen LogP contribution in [0.4, 0.5) is 5.13 Å². The van der Waals surface area contributed by atoms with Gasteiger partial charge in [-0.1, -0.05) is 41.3 Å². The number of aromatic nitrogens is 2. The molecule has 3 rings (SSSR count). The summed E-state index contributed by atoms with van der Waals surface area (Å²) in [4.78, 5) is 23.2. The van der Waals surface area contributed by atoms with Crippen LogP contribution in [0.25, 0.3) is 11.0 Å². The van der Waals surface area contributed by atoms with E-state index in [9.17, 15) is 9.59 Å². The number of para-hydroxylation sites is 1.